The van der Waals surface area contributed by atoms with E-state index in [9.17, 15) is 19.2 Å². The van der Waals surface area contributed by atoms with Crippen molar-refractivity contribution in [1.29, 1.82) is 0 Å². The lowest BCUT2D eigenvalue weighted by Crippen LogP contribution is -2.47. The van der Waals surface area contributed by atoms with Gasteiger partial charge in [0.05, 0.1) is 18.4 Å². The van der Waals surface area contributed by atoms with Gasteiger partial charge in [0.15, 0.2) is 0 Å². The highest BCUT2D eigenvalue weighted by molar-refractivity contribution is 6.06. The number of rotatable bonds is 5. The van der Waals surface area contributed by atoms with Crippen molar-refractivity contribution >= 4 is 23.8 Å². The summed E-state index contributed by atoms with van der Waals surface area (Å²) in [6.45, 7) is 3.37. The molecule has 8 nitrogen and oxygen atoms in total. The minimum Gasteiger partial charge on any atom is -0.450 e. The van der Waals surface area contributed by atoms with Gasteiger partial charge in [-0.25, -0.2) is 4.79 Å². The molecule has 2 aliphatic carbocycles. The van der Waals surface area contributed by atoms with Crippen molar-refractivity contribution in [3.05, 3.63) is 12.2 Å². The Morgan fingerprint density at radius 2 is 1.71 bits per heavy atom. The Morgan fingerprint density at radius 1 is 1.11 bits per heavy atom. The molecule has 1 saturated carbocycles. The van der Waals surface area contributed by atoms with Gasteiger partial charge in [0.25, 0.3) is 0 Å². The highest BCUT2D eigenvalue weighted by Crippen LogP contribution is 2.52. The van der Waals surface area contributed by atoms with Crippen molar-refractivity contribution in [1.82, 2.24) is 15.1 Å². The monoisotopic (exact) mass is 389 g/mol. The van der Waals surface area contributed by atoms with Gasteiger partial charge in [-0.2, -0.15) is 0 Å². The topological polar surface area (TPSA) is 96.0 Å². The van der Waals surface area contributed by atoms with Crippen LogP contribution in [0.4, 0.5) is 4.79 Å². The fourth-order valence-corrected chi connectivity index (χ4v) is 5.12. The third-order valence-corrected chi connectivity index (χ3v) is 6.51. The molecule has 0 aromatic rings. The maximum Gasteiger partial charge on any atom is 0.409 e. The number of carbonyl (C=O) groups excluding carboxylic acids is 4. The van der Waals surface area contributed by atoms with Gasteiger partial charge in [0.1, 0.15) is 0 Å². The van der Waals surface area contributed by atoms with Crippen LogP contribution in [0.3, 0.4) is 0 Å². The van der Waals surface area contributed by atoms with Crippen LogP contribution >= 0.6 is 0 Å². The molecule has 4 amide bonds. The summed E-state index contributed by atoms with van der Waals surface area (Å²) < 4.78 is 4.99. The molecule has 28 heavy (non-hydrogen) atoms. The lowest BCUT2D eigenvalue weighted by atomic mass is 9.85. The second-order valence-electron chi connectivity index (χ2n) is 8.11. The maximum absolute atomic E-state index is 12.6. The van der Waals surface area contributed by atoms with Crippen LogP contribution in [0.1, 0.15) is 32.6 Å². The van der Waals surface area contributed by atoms with Crippen LogP contribution in [-0.2, 0) is 19.1 Å². The Morgan fingerprint density at radius 3 is 2.29 bits per heavy atom. The van der Waals surface area contributed by atoms with E-state index in [2.05, 4.69) is 17.5 Å². The van der Waals surface area contributed by atoms with Gasteiger partial charge in [-0.15, -0.1) is 0 Å². The average molecular weight is 389 g/mol. The molecule has 0 unspecified atom stereocenters. The fraction of sp³-hybridized carbons (Fsp3) is 0.700. The summed E-state index contributed by atoms with van der Waals surface area (Å²) in [4.78, 5) is 52.2. The van der Waals surface area contributed by atoms with E-state index in [0.717, 1.165) is 6.42 Å². The number of fused-ring (bicyclic) bond motifs is 5. The molecule has 2 aliphatic heterocycles. The number of nitrogens with zero attached hydrogens (tertiary/aromatic N) is 2. The lowest BCUT2D eigenvalue weighted by Gasteiger charge is -2.31. The normalized spacial score (nSPS) is 31.5. The first kappa shape index (κ1) is 19.0. The molecule has 0 aromatic carbocycles. The molecule has 3 fully saturated rings. The number of nitrogens with one attached hydrogen (secondary N) is 1. The van der Waals surface area contributed by atoms with Crippen LogP contribution < -0.4 is 5.32 Å². The molecule has 4 rings (SSSR count). The summed E-state index contributed by atoms with van der Waals surface area (Å²) in [5, 5.41) is 2.96. The SMILES string of the molecule is CCOC(=O)N1CCC(NC(=O)CCN2C(=O)[C@H]3[C@H](C2=O)[C@H]2C=C[C@H]3C2)CC1. The smallest absolute Gasteiger partial charge is 0.409 e. The number of ether oxygens (including phenoxy) is 1. The van der Waals surface area contributed by atoms with Gasteiger partial charge < -0.3 is 15.0 Å². The van der Waals surface area contributed by atoms with Crippen molar-refractivity contribution in [2.45, 2.75) is 38.6 Å². The standard InChI is InChI=1S/C20H27N3O5/c1-2-28-20(27)22-8-5-14(6-9-22)21-15(24)7-10-23-18(25)16-12-3-4-13(11-12)17(16)19(23)26/h3-4,12-14,16-17H,2,5-11H2,1H3,(H,21,24)/t12-,13-,16+,17+/m0/s1. The maximum atomic E-state index is 12.6. The van der Waals surface area contributed by atoms with Crippen molar-refractivity contribution < 1.29 is 23.9 Å². The number of piperidine rings is 1. The number of hydrogen-bond donors (Lipinski definition) is 1. The minimum atomic E-state index is -0.313. The summed E-state index contributed by atoms with van der Waals surface area (Å²) in [5.41, 5.74) is 0. The molecule has 2 saturated heterocycles. The van der Waals surface area contributed by atoms with Crippen LogP contribution in [-0.4, -0.2) is 65.9 Å². The van der Waals surface area contributed by atoms with Gasteiger partial charge >= 0.3 is 6.09 Å². The fourth-order valence-electron chi connectivity index (χ4n) is 5.12. The van der Waals surface area contributed by atoms with E-state index in [1.807, 2.05) is 0 Å². The molecule has 0 aromatic heterocycles. The molecule has 0 spiro atoms. The van der Waals surface area contributed by atoms with E-state index in [4.69, 9.17) is 4.74 Å². The predicted octanol–water partition coefficient (Wildman–Crippen LogP) is 0.921. The van der Waals surface area contributed by atoms with Gasteiger partial charge in [-0.3, -0.25) is 19.3 Å². The number of hydrogen-bond acceptors (Lipinski definition) is 5. The Labute approximate surface area is 164 Å². The molecule has 8 heteroatoms. The molecular formula is C20H27N3O5. The first-order chi connectivity index (χ1) is 13.5. The first-order valence-corrected chi connectivity index (χ1v) is 10.2. The zero-order valence-corrected chi connectivity index (χ0v) is 16.1. The van der Waals surface area contributed by atoms with E-state index in [0.29, 0.717) is 32.5 Å². The van der Waals surface area contributed by atoms with Crippen molar-refractivity contribution in [3.8, 4) is 0 Å². The molecular weight excluding hydrogens is 362 g/mol. The van der Waals surface area contributed by atoms with Crippen LogP contribution in [0.5, 0.6) is 0 Å². The highest BCUT2D eigenvalue weighted by Gasteiger charge is 2.59. The second kappa shape index (κ2) is 7.56. The summed E-state index contributed by atoms with van der Waals surface area (Å²) in [6, 6.07) is 0.00239. The zero-order valence-electron chi connectivity index (χ0n) is 16.1. The summed E-state index contributed by atoms with van der Waals surface area (Å²) in [6.07, 6.45) is 6.19. The van der Waals surface area contributed by atoms with E-state index in [-0.39, 0.29) is 66.5 Å². The Balaban J connectivity index is 1.22. The highest BCUT2D eigenvalue weighted by atomic mass is 16.6. The third-order valence-electron chi connectivity index (χ3n) is 6.51. The average Bonchev–Trinajstić information content (AvgIpc) is 3.35. The van der Waals surface area contributed by atoms with Gasteiger partial charge in [-0.1, -0.05) is 12.2 Å². The van der Waals surface area contributed by atoms with E-state index in [1.165, 1.54) is 4.90 Å². The molecule has 4 atom stereocenters. The molecule has 1 N–H and O–H groups in total. The van der Waals surface area contributed by atoms with E-state index < -0.39 is 0 Å². The molecule has 2 heterocycles. The number of likely N-dealkylation sites (tertiary alicyclic amines) is 2. The van der Waals surface area contributed by atoms with Crippen LogP contribution in [0, 0.1) is 23.7 Å². The van der Waals surface area contributed by atoms with Crippen molar-refractivity contribution in [2.24, 2.45) is 23.7 Å². The van der Waals surface area contributed by atoms with Gasteiger partial charge in [0.2, 0.25) is 17.7 Å². The third kappa shape index (κ3) is 3.29. The van der Waals surface area contributed by atoms with Crippen LogP contribution in [0.25, 0.3) is 0 Å². The predicted molar refractivity (Wildman–Crippen MR) is 98.8 cm³/mol. The summed E-state index contributed by atoms with van der Waals surface area (Å²) in [7, 11) is 0. The summed E-state index contributed by atoms with van der Waals surface area (Å²) >= 11 is 0. The number of carbonyl (C=O) groups is 4. The zero-order chi connectivity index (χ0) is 19.8. The van der Waals surface area contributed by atoms with Crippen molar-refractivity contribution in [3.63, 3.8) is 0 Å². The molecule has 4 aliphatic rings. The lowest BCUT2D eigenvalue weighted by molar-refractivity contribution is -0.141. The van der Waals surface area contributed by atoms with Crippen molar-refractivity contribution in [2.75, 3.05) is 26.2 Å². The second-order valence-corrected chi connectivity index (χ2v) is 8.11. The largest absolute Gasteiger partial charge is 0.450 e. The number of allylic oxidation sites excluding steroid dienone is 2. The van der Waals surface area contributed by atoms with Gasteiger partial charge in [0, 0.05) is 32.1 Å². The molecule has 2 bridgehead atoms. The Hall–Kier alpha value is -2.38. The van der Waals surface area contributed by atoms with E-state index in [1.54, 1.807) is 11.8 Å². The van der Waals surface area contributed by atoms with Crippen LogP contribution in [0.2, 0.25) is 0 Å². The molecule has 152 valence electrons. The number of amides is 4. The molecule has 0 radical (unpaired) electrons. The number of imide groups is 1. The van der Waals surface area contributed by atoms with Crippen LogP contribution in [0.15, 0.2) is 12.2 Å². The van der Waals surface area contributed by atoms with Gasteiger partial charge in [-0.05, 0) is 38.0 Å². The minimum absolute atomic E-state index is 0.00239. The Bertz CT molecular complexity index is 683. The quantitative estimate of drug-likeness (QED) is 0.557. The summed E-state index contributed by atoms with van der Waals surface area (Å²) in [5.74, 6) is -0.418. The Kier molecular flexibility index (Phi) is 5.12. The van der Waals surface area contributed by atoms with E-state index >= 15 is 0 Å². The first-order valence-electron chi connectivity index (χ1n) is 10.2.